The number of hydrogen-bond acceptors (Lipinski definition) is 6. The molecule has 1 atom stereocenters. The van der Waals surface area contributed by atoms with Crippen LogP contribution < -0.4 is 5.73 Å². The van der Waals surface area contributed by atoms with E-state index in [4.69, 9.17) is 5.73 Å². The van der Waals surface area contributed by atoms with Crippen LogP contribution in [0.15, 0.2) is 41.6 Å². The largest absolute Gasteiger partial charge is 0.384 e. The van der Waals surface area contributed by atoms with E-state index in [0.717, 1.165) is 38.4 Å². The summed E-state index contributed by atoms with van der Waals surface area (Å²) in [5.41, 5.74) is 7.89. The van der Waals surface area contributed by atoms with Crippen molar-refractivity contribution < 1.29 is 4.79 Å². The molecule has 0 bridgehead atoms. The van der Waals surface area contributed by atoms with Gasteiger partial charge in [-0.15, -0.1) is 0 Å². The highest BCUT2D eigenvalue weighted by molar-refractivity contribution is 8.00. The van der Waals surface area contributed by atoms with Crippen molar-refractivity contribution in [2.45, 2.75) is 30.8 Å². The lowest BCUT2D eigenvalue weighted by atomic mass is 10.2. The summed E-state index contributed by atoms with van der Waals surface area (Å²) in [5.74, 6) is 0.576. The van der Waals surface area contributed by atoms with Gasteiger partial charge in [0.25, 0.3) is 0 Å². The Morgan fingerprint density at radius 3 is 2.54 bits per heavy atom. The predicted molar refractivity (Wildman–Crippen MR) is 105 cm³/mol. The Balaban J connectivity index is 1.51. The molecule has 1 aromatic carbocycles. The van der Waals surface area contributed by atoms with Crippen LogP contribution in [-0.4, -0.2) is 57.1 Å². The van der Waals surface area contributed by atoms with Crippen LogP contribution in [0.1, 0.15) is 18.2 Å². The molecule has 1 aliphatic rings. The van der Waals surface area contributed by atoms with Crippen LogP contribution in [0.5, 0.6) is 0 Å². The smallest absolute Gasteiger partial charge is 0.235 e. The molecule has 138 valence electrons. The number of nitrogens with two attached hydrogens (primary N) is 1. The van der Waals surface area contributed by atoms with E-state index in [1.165, 1.54) is 17.3 Å². The second-order valence-electron chi connectivity index (χ2n) is 6.56. The van der Waals surface area contributed by atoms with Gasteiger partial charge in [-0.05, 0) is 19.4 Å². The van der Waals surface area contributed by atoms with Crippen LogP contribution in [0.2, 0.25) is 0 Å². The van der Waals surface area contributed by atoms with Crippen LogP contribution in [0.4, 0.5) is 5.82 Å². The minimum atomic E-state index is -0.225. The van der Waals surface area contributed by atoms with Crippen LogP contribution in [-0.2, 0) is 11.3 Å². The summed E-state index contributed by atoms with van der Waals surface area (Å²) in [6, 6.07) is 12.2. The zero-order chi connectivity index (χ0) is 18.5. The van der Waals surface area contributed by atoms with Crippen molar-refractivity contribution in [2.24, 2.45) is 0 Å². The highest BCUT2D eigenvalue weighted by Crippen LogP contribution is 2.23. The first-order valence-electron chi connectivity index (χ1n) is 8.84. The van der Waals surface area contributed by atoms with Gasteiger partial charge < -0.3 is 10.6 Å². The standard InChI is InChI=1S/C19H25N5OS/c1-14-12-17(20)22-19(21-14)26-15(2)18(25)24-10-8-23(9-11-24)13-16-6-4-3-5-7-16/h3-7,12,15H,8-11,13H2,1-2H3,(H2,20,21,22). The molecule has 1 fully saturated rings. The first-order chi connectivity index (χ1) is 12.5. The van der Waals surface area contributed by atoms with E-state index >= 15 is 0 Å². The molecular weight excluding hydrogens is 346 g/mol. The molecule has 1 aliphatic heterocycles. The minimum absolute atomic E-state index is 0.137. The van der Waals surface area contributed by atoms with Gasteiger partial charge in [-0.25, -0.2) is 9.97 Å². The number of rotatable bonds is 5. The number of carbonyl (C=O) groups is 1. The van der Waals surface area contributed by atoms with Crippen molar-refractivity contribution in [3.63, 3.8) is 0 Å². The SMILES string of the molecule is Cc1cc(N)nc(SC(C)C(=O)N2CCN(Cc3ccccc3)CC2)n1. The Labute approximate surface area is 158 Å². The van der Waals surface area contributed by atoms with E-state index in [1.807, 2.05) is 24.8 Å². The molecule has 0 aliphatic carbocycles. The van der Waals surface area contributed by atoms with Crippen molar-refractivity contribution in [1.29, 1.82) is 0 Å². The van der Waals surface area contributed by atoms with E-state index in [-0.39, 0.29) is 11.2 Å². The Bertz CT molecular complexity index is 727. The summed E-state index contributed by atoms with van der Waals surface area (Å²) in [4.78, 5) is 25.6. The van der Waals surface area contributed by atoms with E-state index in [0.29, 0.717) is 11.0 Å². The number of thioether (sulfide) groups is 1. The third-order valence-electron chi connectivity index (χ3n) is 4.42. The van der Waals surface area contributed by atoms with Crippen LogP contribution in [0, 0.1) is 6.92 Å². The topological polar surface area (TPSA) is 75.3 Å². The third kappa shape index (κ3) is 4.95. The molecule has 2 aromatic rings. The average Bonchev–Trinajstić information content (AvgIpc) is 2.62. The Morgan fingerprint density at radius 1 is 1.19 bits per heavy atom. The molecule has 7 heteroatoms. The molecule has 2 heterocycles. The molecule has 6 nitrogen and oxygen atoms in total. The molecule has 1 amide bonds. The zero-order valence-electron chi connectivity index (χ0n) is 15.3. The van der Waals surface area contributed by atoms with Crippen molar-refractivity contribution in [2.75, 3.05) is 31.9 Å². The van der Waals surface area contributed by atoms with E-state index < -0.39 is 0 Å². The second-order valence-corrected chi connectivity index (χ2v) is 7.87. The van der Waals surface area contributed by atoms with Gasteiger partial charge >= 0.3 is 0 Å². The number of nitrogen functional groups attached to an aromatic ring is 1. The van der Waals surface area contributed by atoms with Gasteiger partial charge in [0.05, 0.1) is 5.25 Å². The third-order valence-corrected chi connectivity index (χ3v) is 5.37. The summed E-state index contributed by atoms with van der Waals surface area (Å²) >= 11 is 1.37. The van der Waals surface area contributed by atoms with Gasteiger partial charge in [-0.1, -0.05) is 42.1 Å². The summed E-state index contributed by atoms with van der Waals surface area (Å²) < 4.78 is 0. The van der Waals surface area contributed by atoms with Gasteiger partial charge in [0.15, 0.2) is 5.16 Å². The number of benzene rings is 1. The fourth-order valence-electron chi connectivity index (χ4n) is 3.05. The number of hydrogen-bond donors (Lipinski definition) is 1. The first-order valence-corrected chi connectivity index (χ1v) is 9.72. The van der Waals surface area contributed by atoms with Gasteiger partial charge in [0, 0.05) is 44.5 Å². The number of aromatic nitrogens is 2. The molecule has 0 saturated carbocycles. The Morgan fingerprint density at radius 2 is 1.88 bits per heavy atom. The number of carbonyl (C=O) groups excluding carboxylic acids is 1. The summed E-state index contributed by atoms with van der Waals surface area (Å²) in [6.45, 7) is 8.02. The van der Waals surface area contributed by atoms with Gasteiger partial charge in [-0.3, -0.25) is 9.69 Å². The lowest BCUT2D eigenvalue weighted by Crippen LogP contribution is -2.50. The number of aryl methyl sites for hydroxylation is 1. The maximum Gasteiger partial charge on any atom is 0.235 e. The van der Waals surface area contributed by atoms with Crippen LogP contribution in [0.3, 0.4) is 0 Å². The Hall–Kier alpha value is -2.12. The quantitative estimate of drug-likeness (QED) is 0.641. The minimum Gasteiger partial charge on any atom is -0.384 e. The van der Waals surface area contributed by atoms with E-state index in [1.54, 1.807) is 6.07 Å². The summed E-state index contributed by atoms with van der Waals surface area (Å²) in [7, 11) is 0. The zero-order valence-corrected chi connectivity index (χ0v) is 16.1. The van der Waals surface area contributed by atoms with Crippen molar-refractivity contribution in [3.8, 4) is 0 Å². The molecule has 1 saturated heterocycles. The van der Waals surface area contributed by atoms with Gasteiger partial charge in [0.2, 0.25) is 5.91 Å². The number of amides is 1. The average molecular weight is 372 g/mol. The maximum absolute atomic E-state index is 12.7. The van der Waals surface area contributed by atoms with E-state index in [9.17, 15) is 4.79 Å². The summed E-state index contributed by atoms with van der Waals surface area (Å²) in [6.07, 6.45) is 0. The molecule has 0 spiro atoms. The van der Waals surface area contributed by atoms with Crippen LogP contribution in [0.25, 0.3) is 0 Å². The Kier molecular flexibility index (Phi) is 6.11. The van der Waals surface area contributed by atoms with Gasteiger partial charge in [-0.2, -0.15) is 0 Å². The molecule has 3 rings (SSSR count). The molecule has 0 radical (unpaired) electrons. The fourth-order valence-corrected chi connectivity index (χ4v) is 3.97. The second kappa shape index (κ2) is 8.51. The first kappa shape index (κ1) is 18.7. The number of piperazine rings is 1. The maximum atomic E-state index is 12.7. The normalized spacial score (nSPS) is 16.5. The van der Waals surface area contributed by atoms with Crippen molar-refractivity contribution in [1.82, 2.24) is 19.8 Å². The number of anilines is 1. The lowest BCUT2D eigenvalue weighted by molar-refractivity contribution is -0.132. The fraction of sp³-hybridized carbons (Fsp3) is 0.421. The molecule has 1 unspecified atom stereocenters. The van der Waals surface area contributed by atoms with E-state index in [2.05, 4.69) is 39.1 Å². The molecule has 1 aromatic heterocycles. The van der Waals surface area contributed by atoms with Crippen LogP contribution >= 0.6 is 11.8 Å². The van der Waals surface area contributed by atoms with Crippen molar-refractivity contribution >= 4 is 23.5 Å². The molecule has 26 heavy (non-hydrogen) atoms. The monoisotopic (exact) mass is 371 g/mol. The number of nitrogens with zero attached hydrogens (tertiary/aromatic N) is 4. The highest BCUT2D eigenvalue weighted by Gasteiger charge is 2.26. The van der Waals surface area contributed by atoms with Gasteiger partial charge in [0.1, 0.15) is 5.82 Å². The van der Waals surface area contributed by atoms with Crippen molar-refractivity contribution in [3.05, 3.63) is 47.7 Å². The highest BCUT2D eigenvalue weighted by atomic mass is 32.2. The summed E-state index contributed by atoms with van der Waals surface area (Å²) in [5, 5.41) is 0.336. The molecular formula is C19H25N5OS. The lowest BCUT2D eigenvalue weighted by Gasteiger charge is -2.35. The molecule has 2 N–H and O–H groups in total. The predicted octanol–water partition coefficient (Wildman–Crippen LogP) is 2.19.